The van der Waals surface area contributed by atoms with Crippen LogP contribution in [0.2, 0.25) is 0 Å². The summed E-state index contributed by atoms with van der Waals surface area (Å²) in [6, 6.07) is 12.3. The first-order valence-electron chi connectivity index (χ1n) is 6.76. The zero-order valence-corrected chi connectivity index (χ0v) is 11.8. The molecule has 0 aliphatic heterocycles. The van der Waals surface area contributed by atoms with Crippen molar-refractivity contribution in [3.05, 3.63) is 75.1 Å². The van der Waals surface area contributed by atoms with Crippen LogP contribution >= 0.6 is 0 Å². The van der Waals surface area contributed by atoms with Crippen molar-refractivity contribution in [1.82, 2.24) is 5.32 Å². The molecule has 0 saturated carbocycles. The van der Waals surface area contributed by atoms with Crippen LogP contribution in [0.25, 0.3) is 0 Å². The number of nitro groups is 1. The molecule has 0 saturated heterocycles. The van der Waals surface area contributed by atoms with Crippen molar-refractivity contribution in [1.29, 1.82) is 0 Å². The average molecular weight is 288 g/mol. The maximum atomic E-state index is 13.9. The third kappa shape index (κ3) is 3.86. The van der Waals surface area contributed by atoms with Crippen LogP contribution in [0.5, 0.6) is 0 Å². The van der Waals surface area contributed by atoms with Crippen molar-refractivity contribution in [2.75, 3.05) is 6.54 Å². The maximum Gasteiger partial charge on any atom is 0.305 e. The normalized spacial score (nSPS) is 10.6. The van der Waals surface area contributed by atoms with Gasteiger partial charge >= 0.3 is 5.69 Å². The van der Waals surface area contributed by atoms with Crippen LogP contribution in [0.1, 0.15) is 16.7 Å². The van der Waals surface area contributed by atoms with Crippen molar-refractivity contribution in [2.24, 2.45) is 0 Å². The molecule has 5 heteroatoms. The number of halogens is 1. The lowest BCUT2D eigenvalue weighted by atomic mass is 10.1. The van der Waals surface area contributed by atoms with Crippen LogP contribution in [0.15, 0.2) is 42.5 Å². The number of nitrogens with one attached hydrogen (secondary N) is 1. The molecule has 0 bridgehead atoms. The summed E-state index contributed by atoms with van der Waals surface area (Å²) >= 11 is 0. The van der Waals surface area contributed by atoms with Crippen LogP contribution in [-0.2, 0) is 13.0 Å². The molecule has 2 aromatic carbocycles. The summed E-state index contributed by atoms with van der Waals surface area (Å²) in [4.78, 5) is 9.97. The van der Waals surface area contributed by atoms with E-state index in [1.807, 2.05) is 12.1 Å². The van der Waals surface area contributed by atoms with Crippen LogP contribution in [0.3, 0.4) is 0 Å². The standard InChI is InChI=1S/C16H17FN2O2/c1-12-5-2-3-6-13(12)9-10-18-11-14-7-4-8-15(16(14)17)19(20)21/h2-8,18H,9-11H2,1H3. The van der Waals surface area contributed by atoms with Gasteiger partial charge in [0.1, 0.15) is 0 Å². The van der Waals surface area contributed by atoms with Gasteiger partial charge in [-0.05, 0) is 31.0 Å². The van der Waals surface area contributed by atoms with Crippen LogP contribution in [0.4, 0.5) is 10.1 Å². The fraction of sp³-hybridized carbons (Fsp3) is 0.250. The van der Waals surface area contributed by atoms with E-state index in [4.69, 9.17) is 0 Å². The Morgan fingerprint density at radius 2 is 1.86 bits per heavy atom. The highest BCUT2D eigenvalue weighted by Crippen LogP contribution is 2.19. The van der Waals surface area contributed by atoms with Gasteiger partial charge in [-0.15, -0.1) is 0 Å². The lowest BCUT2D eigenvalue weighted by Crippen LogP contribution is -2.18. The van der Waals surface area contributed by atoms with Crippen LogP contribution < -0.4 is 5.32 Å². The van der Waals surface area contributed by atoms with Crippen molar-refractivity contribution >= 4 is 5.69 Å². The van der Waals surface area contributed by atoms with Gasteiger partial charge in [0.2, 0.25) is 5.82 Å². The number of hydrogen-bond donors (Lipinski definition) is 1. The van der Waals surface area contributed by atoms with Gasteiger partial charge in [-0.3, -0.25) is 10.1 Å². The van der Waals surface area contributed by atoms with E-state index in [-0.39, 0.29) is 6.54 Å². The molecule has 0 aliphatic rings. The zero-order valence-electron chi connectivity index (χ0n) is 11.8. The Hall–Kier alpha value is -2.27. The van der Waals surface area contributed by atoms with Crippen molar-refractivity contribution < 1.29 is 9.31 Å². The summed E-state index contributed by atoms with van der Waals surface area (Å²) in [6.45, 7) is 3.02. The quantitative estimate of drug-likeness (QED) is 0.503. The summed E-state index contributed by atoms with van der Waals surface area (Å²) in [5.41, 5.74) is 2.30. The molecule has 0 amide bonds. The van der Waals surface area contributed by atoms with Gasteiger partial charge in [0, 0.05) is 18.2 Å². The number of aryl methyl sites for hydroxylation is 1. The van der Waals surface area contributed by atoms with Gasteiger partial charge in [-0.1, -0.05) is 36.4 Å². The molecular weight excluding hydrogens is 271 g/mol. The van der Waals surface area contributed by atoms with Gasteiger partial charge in [-0.25, -0.2) is 0 Å². The molecule has 21 heavy (non-hydrogen) atoms. The second-order valence-electron chi connectivity index (χ2n) is 4.86. The van der Waals surface area contributed by atoms with E-state index in [0.717, 1.165) is 6.42 Å². The fourth-order valence-corrected chi connectivity index (χ4v) is 2.18. The van der Waals surface area contributed by atoms with E-state index in [9.17, 15) is 14.5 Å². The topological polar surface area (TPSA) is 55.2 Å². The molecule has 4 nitrogen and oxygen atoms in total. The SMILES string of the molecule is Cc1ccccc1CCNCc1cccc([N+](=O)[O-])c1F. The smallest absolute Gasteiger partial charge is 0.305 e. The van der Waals surface area contributed by atoms with Gasteiger partial charge in [0.05, 0.1) is 4.92 Å². The minimum absolute atomic E-state index is 0.277. The van der Waals surface area contributed by atoms with Crippen molar-refractivity contribution in [2.45, 2.75) is 19.9 Å². The number of nitro benzene ring substituents is 1. The predicted molar refractivity (Wildman–Crippen MR) is 79.6 cm³/mol. The molecule has 0 atom stereocenters. The summed E-state index contributed by atoms with van der Waals surface area (Å²) in [7, 11) is 0. The Bertz CT molecular complexity index is 644. The van der Waals surface area contributed by atoms with Crippen LogP contribution in [0, 0.1) is 22.9 Å². The molecule has 1 N–H and O–H groups in total. The van der Waals surface area contributed by atoms with E-state index in [1.54, 1.807) is 6.07 Å². The molecule has 2 rings (SSSR count). The van der Waals surface area contributed by atoms with Gasteiger partial charge in [0.15, 0.2) is 0 Å². The first-order valence-corrected chi connectivity index (χ1v) is 6.76. The number of hydrogen-bond acceptors (Lipinski definition) is 3. The predicted octanol–water partition coefficient (Wildman–Crippen LogP) is 3.37. The Labute approximate surface area is 122 Å². The maximum absolute atomic E-state index is 13.9. The summed E-state index contributed by atoms with van der Waals surface area (Å²) in [5.74, 6) is -0.758. The molecule has 0 fully saturated rings. The monoisotopic (exact) mass is 288 g/mol. The largest absolute Gasteiger partial charge is 0.312 e. The number of rotatable bonds is 6. The third-order valence-corrected chi connectivity index (χ3v) is 3.40. The van der Waals surface area contributed by atoms with E-state index in [1.165, 1.54) is 23.3 Å². The Balaban J connectivity index is 1.91. The molecular formula is C16H17FN2O2. The molecule has 0 aromatic heterocycles. The van der Waals surface area contributed by atoms with Gasteiger partial charge in [-0.2, -0.15) is 4.39 Å². The fourth-order valence-electron chi connectivity index (χ4n) is 2.18. The minimum atomic E-state index is -0.758. The van der Waals surface area contributed by atoms with Crippen molar-refractivity contribution in [3.8, 4) is 0 Å². The number of benzene rings is 2. The lowest BCUT2D eigenvalue weighted by molar-refractivity contribution is -0.387. The Kier molecular flexibility index (Phi) is 5.00. The summed E-state index contributed by atoms with van der Waals surface area (Å²) < 4.78 is 13.9. The first kappa shape index (κ1) is 15.1. The molecule has 0 heterocycles. The van der Waals surface area contributed by atoms with E-state index >= 15 is 0 Å². The Morgan fingerprint density at radius 1 is 1.14 bits per heavy atom. The minimum Gasteiger partial charge on any atom is -0.312 e. The molecule has 0 aliphatic carbocycles. The lowest BCUT2D eigenvalue weighted by Gasteiger charge is -2.08. The Morgan fingerprint density at radius 3 is 2.57 bits per heavy atom. The molecule has 0 unspecified atom stereocenters. The molecule has 110 valence electrons. The van der Waals surface area contributed by atoms with E-state index in [2.05, 4.69) is 24.4 Å². The molecule has 0 radical (unpaired) electrons. The summed E-state index contributed by atoms with van der Waals surface area (Å²) in [6.07, 6.45) is 0.837. The molecule has 0 spiro atoms. The van der Waals surface area contributed by atoms with Crippen LogP contribution in [-0.4, -0.2) is 11.5 Å². The average Bonchev–Trinajstić information content (AvgIpc) is 2.46. The second-order valence-corrected chi connectivity index (χ2v) is 4.86. The highest BCUT2D eigenvalue weighted by atomic mass is 19.1. The summed E-state index contributed by atoms with van der Waals surface area (Å²) in [5, 5.41) is 13.8. The molecule has 2 aromatic rings. The second kappa shape index (κ2) is 6.95. The third-order valence-electron chi connectivity index (χ3n) is 3.40. The highest BCUT2D eigenvalue weighted by Gasteiger charge is 2.16. The zero-order chi connectivity index (χ0) is 15.2. The van der Waals surface area contributed by atoms with Crippen molar-refractivity contribution in [3.63, 3.8) is 0 Å². The van der Waals surface area contributed by atoms with Gasteiger partial charge < -0.3 is 5.32 Å². The van der Waals surface area contributed by atoms with E-state index < -0.39 is 16.4 Å². The highest BCUT2D eigenvalue weighted by molar-refractivity contribution is 5.36. The van der Waals surface area contributed by atoms with E-state index in [0.29, 0.717) is 12.1 Å². The van der Waals surface area contributed by atoms with Gasteiger partial charge in [0.25, 0.3) is 0 Å². The first-order chi connectivity index (χ1) is 10.1. The number of nitrogens with zero attached hydrogens (tertiary/aromatic N) is 1.